The van der Waals surface area contributed by atoms with Gasteiger partial charge in [-0.2, -0.15) is 4.98 Å². The zero-order chi connectivity index (χ0) is 24.5. The Morgan fingerprint density at radius 1 is 1.09 bits per heavy atom. The van der Waals surface area contributed by atoms with Gasteiger partial charge in [-0.1, -0.05) is 47.2 Å². The molecule has 0 fully saturated rings. The van der Waals surface area contributed by atoms with E-state index in [1.807, 2.05) is 37.3 Å². The Morgan fingerprint density at radius 2 is 1.89 bits per heavy atom. The van der Waals surface area contributed by atoms with Crippen molar-refractivity contribution in [2.75, 3.05) is 18.2 Å². The van der Waals surface area contributed by atoms with E-state index in [0.717, 1.165) is 4.88 Å². The second-order valence-electron chi connectivity index (χ2n) is 7.63. The number of methoxy groups -OCH3 is 1. The van der Waals surface area contributed by atoms with E-state index in [-0.39, 0.29) is 11.5 Å². The third-order valence-corrected chi connectivity index (χ3v) is 6.67. The molecule has 0 aliphatic carbocycles. The SMILES string of the molecule is COc1ncc(-c2cnc(N)nc2NC(C)c2nc3cccc(Cl)c3c(=O)n2-c2ccccc2)s1. The number of halogens is 1. The third-order valence-electron chi connectivity index (χ3n) is 5.36. The second-order valence-corrected chi connectivity index (χ2v) is 9.03. The summed E-state index contributed by atoms with van der Waals surface area (Å²) in [4.78, 5) is 32.1. The predicted molar refractivity (Wildman–Crippen MR) is 138 cm³/mol. The quantitative estimate of drug-likeness (QED) is 0.340. The largest absolute Gasteiger partial charge is 0.473 e. The molecule has 3 aromatic heterocycles. The second kappa shape index (κ2) is 9.32. The van der Waals surface area contributed by atoms with Crippen LogP contribution in [0.2, 0.25) is 5.02 Å². The molecule has 3 N–H and O–H groups in total. The van der Waals surface area contributed by atoms with E-state index in [0.29, 0.717) is 44.0 Å². The highest BCUT2D eigenvalue weighted by molar-refractivity contribution is 7.16. The van der Waals surface area contributed by atoms with Gasteiger partial charge in [-0.25, -0.2) is 15.0 Å². The molecule has 35 heavy (non-hydrogen) atoms. The Hall–Kier alpha value is -4.02. The molecule has 0 amide bonds. The summed E-state index contributed by atoms with van der Waals surface area (Å²) in [7, 11) is 1.56. The van der Waals surface area contributed by atoms with Crippen molar-refractivity contribution in [1.29, 1.82) is 0 Å². The zero-order valence-electron chi connectivity index (χ0n) is 18.8. The van der Waals surface area contributed by atoms with Crippen molar-refractivity contribution in [2.45, 2.75) is 13.0 Å². The highest BCUT2D eigenvalue weighted by Gasteiger charge is 2.21. The van der Waals surface area contributed by atoms with Crippen LogP contribution < -0.4 is 21.3 Å². The first kappa shape index (κ1) is 22.8. The van der Waals surface area contributed by atoms with Crippen LogP contribution in [0.3, 0.4) is 0 Å². The first-order valence-electron chi connectivity index (χ1n) is 10.6. The van der Waals surface area contributed by atoms with Crippen LogP contribution in [0.25, 0.3) is 27.0 Å². The van der Waals surface area contributed by atoms with Gasteiger partial charge in [0.2, 0.25) is 5.95 Å². The molecule has 0 radical (unpaired) electrons. The van der Waals surface area contributed by atoms with Crippen molar-refractivity contribution in [1.82, 2.24) is 24.5 Å². The third kappa shape index (κ3) is 4.29. The number of fused-ring (bicyclic) bond motifs is 1. The number of hydrogen-bond acceptors (Lipinski definition) is 9. The Balaban J connectivity index is 1.65. The molecular weight excluding hydrogens is 486 g/mol. The summed E-state index contributed by atoms with van der Waals surface area (Å²) in [5.74, 6) is 1.08. The fourth-order valence-corrected chi connectivity index (χ4v) is 4.75. The van der Waals surface area contributed by atoms with E-state index in [2.05, 4.69) is 20.3 Å². The van der Waals surface area contributed by atoms with Crippen LogP contribution in [0, 0.1) is 0 Å². The van der Waals surface area contributed by atoms with E-state index >= 15 is 0 Å². The van der Waals surface area contributed by atoms with Gasteiger partial charge in [-0.05, 0) is 31.2 Å². The smallest absolute Gasteiger partial charge is 0.273 e. The molecule has 11 heteroatoms. The number of nitrogens with zero attached hydrogens (tertiary/aromatic N) is 5. The van der Waals surface area contributed by atoms with Crippen LogP contribution in [0.4, 0.5) is 11.8 Å². The highest BCUT2D eigenvalue weighted by Crippen LogP contribution is 2.35. The van der Waals surface area contributed by atoms with Gasteiger partial charge in [0.25, 0.3) is 10.8 Å². The van der Waals surface area contributed by atoms with E-state index in [1.165, 1.54) is 11.3 Å². The molecular formula is C24H20ClN7O2S. The molecule has 0 aliphatic rings. The average molecular weight is 506 g/mol. The number of thiazole rings is 1. The fraction of sp³-hybridized carbons (Fsp3) is 0.125. The average Bonchev–Trinajstić information content (AvgIpc) is 3.33. The van der Waals surface area contributed by atoms with Gasteiger partial charge in [0, 0.05) is 12.4 Å². The van der Waals surface area contributed by atoms with Crippen LogP contribution in [0.1, 0.15) is 18.8 Å². The van der Waals surface area contributed by atoms with E-state index in [9.17, 15) is 4.79 Å². The number of nitrogen functional groups attached to an aromatic ring is 1. The number of nitrogens with two attached hydrogens (primary N) is 1. The summed E-state index contributed by atoms with van der Waals surface area (Å²) in [6, 6.07) is 14.1. The normalized spacial score (nSPS) is 12.0. The molecule has 1 atom stereocenters. The Labute approximate surface area is 209 Å². The summed E-state index contributed by atoms with van der Waals surface area (Å²) in [6.45, 7) is 1.90. The molecule has 5 rings (SSSR count). The van der Waals surface area contributed by atoms with Gasteiger partial charge in [0.1, 0.15) is 11.6 Å². The first-order chi connectivity index (χ1) is 17.0. The van der Waals surface area contributed by atoms with Gasteiger partial charge in [0.15, 0.2) is 0 Å². The van der Waals surface area contributed by atoms with Gasteiger partial charge >= 0.3 is 0 Å². The Morgan fingerprint density at radius 3 is 2.63 bits per heavy atom. The highest BCUT2D eigenvalue weighted by atomic mass is 35.5. The van der Waals surface area contributed by atoms with Crippen LogP contribution in [0.15, 0.2) is 65.7 Å². The van der Waals surface area contributed by atoms with Gasteiger partial charge in [0.05, 0.1) is 45.2 Å². The number of para-hydroxylation sites is 1. The number of nitrogens with one attached hydrogen (secondary N) is 1. The zero-order valence-corrected chi connectivity index (χ0v) is 20.3. The van der Waals surface area contributed by atoms with Crippen molar-refractivity contribution in [3.63, 3.8) is 0 Å². The molecule has 0 bridgehead atoms. The fourth-order valence-electron chi connectivity index (χ4n) is 3.76. The van der Waals surface area contributed by atoms with Crippen LogP contribution in [0.5, 0.6) is 5.19 Å². The standard InChI is InChI=1S/C24H20ClN7O2S/c1-13(29-20-15(11-27-23(26)31-20)18-12-28-24(34-2)35-18)21-30-17-10-6-9-16(25)19(17)22(33)32(21)14-7-4-3-5-8-14/h3-13H,1-2H3,(H3,26,27,29,31). The van der Waals surface area contributed by atoms with Crippen LogP contribution >= 0.6 is 22.9 Å². The molecule has 0 saturated heterocycles. The molecule has 176 valence electrons. The maximum atomic E-state index is 13.7. The summed E-state index contributed by atoms with van der Waals surface area (Å²) >= 11 is 7.74. The lowest BCUT2D eigenvalue weighted by atomic mass is 10.2. The summed E-state index contributed by atoms with van der Waals surface area (Å²) in [5.41, 5.74) is 7.52. The molecule has 1 unspecified atom stereocenters. The predicted octanol–water partition coefficient (Wildman–Crippen LogP) is 4.72. The van der Waals surface area contributed by atoms with Crippen LogP contribution in [-0.2, 0) is 0 Å². The van der Waals surface area contributed by atoms with E-state index in [4.69, 9.17) is 27.1 Å². The minimum atomic E-state index is -0.450. The minimum absolute atomic E-state index is 0.110. The number of benzene rings is 2. The summed E-state index contributed by atoms with van der Waals surface area (Å²) in [5, 5.41) is 4.59. The number of aromatic nitrogens is 5. The summed E-state index contributed by atoms with van der Waals surface area (Å²) in [6.07, 6.45) is 3.31. The molecule has 5 aromatic rings. The van der Waals surface area contributed by atoms with Crippen molar-refractivity contribution in [2.24, 2.45) is 0 Å². The number of hydrogen-bond donors (Lipinski definition) is 2. The molecule has 3 heterocycles. The molecule has 0 saturated carbocycles. The number of ether oxygens (including phenoxy) is 1. The maximum absolute atomic E-state index is 13.7. The summed E-state index contributed by atoms with van der Waals surface area (Å²) < 4.78 is 6.78. The maximum Gasteiger partial charge on any atom is 0.273 e. The molecule has 2 aromatic carbocycles. The molecule has 0 aliphatic heterocycles. The topological polar surface area (TPSA) is 121 Å². The van der Waals surface area contributed by atoms with E-state index in [1.54, 1.807) is 42.3 Å². The van der Waals surface area contributed by atoms with Crippen molar-refractivity contribution < 1.29 is 4.74 Å². The Bertz CT molecular complexity index is 1590. The lowest BCUT2D eigenvalue weighted by Crippen LogP contribution is -2.27. The van der Waals surface area contributed by atoms with Crippen LogP contribution in [-0.4, -0.2) is 31.6 Å². The minimum Gasteiger partial charge on any atom is -0.473 e. The Kier molecular flexibility index (Phi) is 6.06. The van der Waals surface area contributed by atoms with Gasteiger partial charge in [-0.15, -0.1) is 0 Å². The lowest BCUT2D eigenvalue weighted by Gasteiger charge is -2.21. The number of rotatable bonds is 6. The molecule has 9 nitrogen and oxygen atoms in total. The van der Waals surface area contributed by atoms with Gasteiger partial charge < -0.3 is 15.8 Å². The first-order valence-corrected chi connectivity index (χ1v) is 11.8. The monoisotopic (exact) mass is 505 g/mol. The molecule has 0 spiro atoms. The van der Waals surface area contributed by atoms with Gasteiger partial charge in [-0.3, -0.25) is 9.36 Å². The van der Waals surface area contributed by atoms with Crippen molar-refractivity contribution >= 4 is 45.6 Å². The van der Waals surface area contributed by atoms with E-state index < -0.39 is 6.04 Å². The number of anilines is 2. The lowest BCUT2D eigenvalue weighted by molar-refractivity contribution is 0.412. The van der Waals surface area contributed by atoms with Crippen molar-refractivity contribution in [3.05, 3.63) is 82.1 Å². The van der Waals surface area contributed by atoms with Crippen molar-refractivity contribution in [3.8, 4) is 21.3 Å².